The Morgan fingerprint density at radius 3 is 0.704 bits per heavy atom. The highest BCUT2D eigenvalue weighted by Crippen LogP contribution is 2.90. The third kappa shape index (κ3) is 1.03. The summed E-state index contributed by atoms with van der Waals surface area (Å²) >= 11 is 0. The second kappa shape index (κ2) is 3.80. The summed E-state index contributed by atoms with van der Waals surface area (Å²) in [7, 11) is 0. The van der Waals surface area contributed by atoms with Gasteiger partial charge in [-0.3, -0.25) is 0 Å². The van der Waals surface area contributed by atoms with Crippen molar-refractivity contribution in [3.8, 4) is 6.07 Å². The van der Waals surface area contributed by atoms with Crippen molar-refractivity contribution in [1.29, 1.82) is 5.26 Å². The van der Waals surface area contributed by atoms with Gasteiger partial charge in [0.1, 0.15) is 0 Å². The Labute approximate surface area is 136 Å². The van der Waals surface area contributed by atoms with Crippen LogP contribution in [0.15, 0.2) is 0 Å². The molecule has 0 saturated heterocycles. The number of alkyl halides is 15. The zero-order chi connectivity index (χ0) is 21.7. The van der Waals surface area contributed by atoms with E-state index in [-0.39, 0.29) is 0 Å². The van der Waals surface area contributed by atoms with Gasteiger partial charge in [-0.25, -0.2) is 39.5 Å². The monoisotopic (exact) mass is 431 g/mol. The molecule has 4 saturated carbocycles. The van der Waals surface area contributed by atoms with Crippen LogP contribution < -0.4 is 0 Å². The molecule has 1 nitrogen and oxygen atoms in total. The summed E-state index contributed by atoms with van der Waals surface area (Å²) in [4.78, 5) is 0. The Morgan fingerprint density at radius 1 is 0.370 bits per heavy atom. The van der Waals surface area contributed by atoms with Crippen LogP contribution in [0.1, 0.15) is 0 Å². The summed E-state index contributed by atoms with van der Waals surface area (Å²) in [5.74, 6) is -46.3. The molecule has 0 atom stereocenters. The number of hydrogen-bond acceptors (Lipinski definition) is 1. The molecule has 0 heterocycles. The molecule has 4 fully saturated rings. The zero-order valence-corrected chi connectivity index (χ0v) is 11.6. The van der Waals surface area contributed by atoms with E-state index in [1.54, 1.807) is 0 Å². The minimum Gasteiger partial charge on any atom is -0.223 e. The average molecular weight is 431 g/mol. The topological polar surface area (TPSA) is 23.8 Å². The molecule has 0 aliphatic heterocycles. The lowest BCUT2D eigenvalue weighted by Crippen LogP contribution is -3.07. The first-order valence-electron chi connectivity index (χ1n) is 6.31. The predicted octanol–water partition coefficient (Wildman–Crippen LogP) is 4.47. The van der Waals surface area contributed by atoms with E-state index in [1.807, 2.05) is 0 Å². The zero-order valence-electron chi connectivity index (χ0n) is 11.6. The molecule has 0 N–H and O–H groups in total. The second-order valence-electron chi connectivity index (χ2n) is 6.28. The van der Waals surface area contributed by atoms with E-state index < -0.39 is 64.0 Å². The summed E-state index contributed by atoms with van der Waals surface area (Å²) in [6.45, 7) is 0. The third-order valence-corrected chi connectivity index (χ3v) is 5.47. The van der Waals surface area contributed by atoms with Gasteiger partial charge in [0.2, 0.25) is 0 Å². The van der Waals surface area contributed by atoms with Crippen LogP contribution in [0.5, 0.6) is 0 Å². The van der Waals surface area contributed by atoms with Crippen molar-refractivity contribution in [2.24, 2.45) is 5.41 Å². The molecule has 0 aromatic rings. The summed E-state index contributed by atoms with van der Waals surface area (Å²) in [6, 6.07) is -0.901. The summed E-state index contributed by atoms with van der Waals surface area (Å²) in [6.07, 6.45) is 0. The van der Waals surface area contributed by atoms with Gasteiger partial charge in [0.05, 0.1) is 6.07 Å². The standard InChI is InChI=1S/C11F15N/c12-3-6(15,16)2(1-27)7(17,18)4(13,9(3,21)22)11(25,26)5(14,8(2,19)20)10(3,23)24. The Hall–Kier alpha value is -1.56. The molecule has 0 amide bonds. The van der Waals surface area contributed by atoms with Gasteiger partial charge in [-0.05, 0) is 0 Å². The van der Waals surface area contributed by atoms with Crippen LogP contribution >= 0.6 is 0 Å². The van der Waals surface area contributed by atoms with Crippen molar-refractivity contribution in [2.75, 3.05) is 0 Å². The quantitative estimate of drug-likeness (QED) is 0.520. The maximum absolute atomic E-state index is 14.3. The molecular formula is C11F15N. The average Bonchev–Trinajstić information content (AvgIpc) is 2.48. The lowest BCUT2D eigenvalue weighted by Gasteiger charge is -2.73. The predicted molar refractivity (Wildman–Crippen MR) is 49.2 cm³/mol. The molecular weight excluding hydrogens is 431 g/mol. The van der Waals surface area contributed by atoms with E-state index in [4.69, 9.17) is 5.26 Å². The summed E-state index contributed by atoms with van der Waals surface area (Å²) in [5.41, 5.74) is -30.0. The lowest BCUT2D eigenvalue weighted by molar-refractivity contribution is -0.603. The fourth-order valence-electron chi connectivity index (χ4n) is 4.06. The minimum absolute atomic E-state index is 0.901. The molecule has 154 valence electrons. The van der Waals surface area contributed by atoms with Gasteiger partial charge in [-0.1, -0.05) is 0 Å². The minimum atomic E-state index is -7.83. The first-order chi connectivity index (χ1) is 11.6. The normalized spacial score (nSPS) is 51.6. The van der Waals surface area contributed by atoms with Crippen LogP contribution in [0, 0.1) is 16.7 Å². The number of rotatable bonds is 0. The molecule has 0 aromatic heterocycles. The van der Waals surface area contributed by atoms with Crippen molar-refractivity contribution in [1.82, 2.24) is 0 Å². The van der Waals surface area contributed by atoms with E-state index >= 15 is 0 Å². The Bertz CT molecular complexity index is 677. The van der Waals surface area contributed by atoms with Crippen molar-refractivity contribution < 1.29 is 65.9 Å². The van der Waals surface area contributed by atoms with Gasteiger partial charge in [0, 0.05) is 0 Å². The molecule has 0 spiro atoms. The number of nitriles is 1. The Balaban J connectivity index is 2.76. The van der Waals surface area contributed by atoms with Gasteiger partial charge in [-0.2, -0.15) is 31.6 Å². The number of nitrogens with zero attached hydrogens (tertiary/aromatic N) is 1. The van der Waals surface area contributed by atoms with Crippen LogP contribution in [-0.4, -0.2) is 52.5 Å². The highest BCUT2D eigenvalue weighted by atomic mass is 19.3. The van der Waals surface area contributed by atoms with Gasteiger partial charge < -0.3 is 0 Å². The molecule has 0 unspecified atom stereocenters. The summed E-state index contributed by atoms with van der Waals surface area (Å²) in [5, 5.41) is 8.37. The highest BCUT2D eigenvalue weighted by molar-refractivity contribution is 5.55. The second-order valence-corrected chi connectivity index (χ2v) is 6.28. The van der Waals surface area contributed by atoms with Gasteiger partial charge in [0.25, 0.3) is 5.41 Å². The van der Waals surface area contributed by atoms with Gasteiger partial charge in [-0.15, -0.1) is 0 Å². The van der Waals surface area contributed by atoms with Crippen LogP contribution in [-0.2, 0) is 0 Å². The van der Waals surface area contributed by atoms with Crippen molar-refractivity contribution >= 4 is 0 Å². The Morgan fingerprint density at radius 2 is 0.556 bits per heavy atom. The van der Waals surface area contributed by atoms with E-state index in [0.717, 1.165) is 0 Å². The molecule has 4 aliphatic carbocycles. The molecule has 4 bridgehead atoms. The van der Waals surface area contributed by atoms with E-state index in [2.05, 4.69) is 0 Å². The molecule has 4 rings (SSSR count). The largest absolute Gasteiger partial charge is 0.339 e. The molecule has 0 aromatic carbocycles. The number of hydrogen-bond donors (Lipinski definition) is 0. The maximum Gasteiger partial charge on any atom is 0.339 e. The van der Waals surface area contributed by atoms with Gasteiger partial charge >= 0.3 is 52.5 Å². The van der Waals surface area contributed by atoms with Crippen molar-refractivity contribution in [2.45, 2.75) is 52.5 Å². The summed E-state index contributed by atoms with van der Waals surface area (Å²) < 4.78 is 210. The maximum atomic E-state index is 14.3. The molecule has 4 aliphatic rings. The van der Waals surface area contributed by atoms with E-state index in [1.165, 1.54) is 0 Å². The smallest absolute Gasteiger partial charge is 0.223 e. The van der Waals surface area contributed by atoms with E-state index in [0.29, 0.717) is 0 Å². The van der Waals surface area contributed by atoms with Crippen molar-refractivity contribution in [3.05, 3.63) is 0 Å². The fraction of sp³-hybridized carbons (Fsp3) is 0.909. The van der Waals surface area contributed by atoms with Crippen LogP contribution in [0.4, 0.5) is 65.9 Å². The SMILES string of the molecule is N#CC12C(F)(F)C3(F)C(F)(F)C(F)(C(F)(F)C(F)(C3(F)F)C1(F)F)C2(F)F. The van der Waals surface area contributed by atoms with Crippen LogP contribution in [0.2, 0.25) is 0 Å². The first-order valence-corrected chi connectivity index (χ1v) is 6.31. The fourth-order valence-corrected chi connectivity index (χ4v) is 4.06. The van der Waals surface area contributed by atoms with Crippen LogP contribution in [0.3, 0.4) is 0 Å². The lowest BCUT2D eigenvalue weighted by atomic mass is 9.37. The van der Waals surface area contributed by atoms with Gasteiger partial charge in [0.15, 0.2) is 0 Å². The van der Waals surface area contributed by atoms with E-state index in [9.17, 15) is 65.9 Å². The highest BCUT2D eigenvalue weighted by Gasteiger charge is 3.23. The molecule has 27 heavy (non-hydrogen) atoms. The van der Waals surface area contributed by atoms with Crippen molar-refractivity contribution in [3.63, 3.8) is 0 Å². The number of halogens is 15. The first kappa shape index (κ1) is 20.2. The molecule has 0 radical (unpaired) electrons. The third-order valence-electron chi connectivity index (χ3n) is 5.47. The molecule has 16 heteroatoms. The van der Waals surface area contributed by atoms with Crippen LogP contribution in [0.25, 0.3) is 0 Å². The Kier molecular flexibility index (Phi) is 2.84.